The summed E-state index contributed by atoms with van der Waals surface area (Å²) in [5, 5.41) is 1.65. The van der Waals surface area contributed by atoms with Gasteiger partial charge in [-0.2, -0.15) is 4.57 Å². The second-order valence-corrected chi connectivity index (χ2v) is 10.5. The summed E-state index contributed by atoms with van der Waals surface area (Å²) < 4.78 is 30.8. The molecule has 0 aliphatic heterocycles. The smallest absolute Gasteiger partial charge is 0.384 e. The molecule has 0 aliphatic rings. The third kappa shape index (κ3) is 5.39. The molecule has 0 radical (unpaired) electrons. The van der Waals surface area contributed by atoms with Crippen LogP contribution in [0.3, 0.4) is 0 Å². The summed E-state index contributed by atoms with van der Waals surface area (Å²) in [6.07, 6.45) is 0. The van der Waals surface area contributed by atoms with Gasteiger partial charge in [-0.3, -0.25) is 0 Å². The maximum absolute atomic E-state index is 13.8. The first-order valence-electron chi connectivity index (χ1n) is 8.96. The van der Waals surface area contributed by atoms with Crippen LogP contribution in [-0.4, -0.2) is 0 Å². The lowest BCUT2D eigenvalue weighted by molar-refractivity contribution is 0.298. The maximum atomic E-state index is 13.8. The lowest BCUT2D eigenvalue weighted by Gasteiger charge is -2.22. The zero-order chi connectivity index (χ0) is 23.8. The number of benzene rings is 3. The highest BCUT2D eigenvalue weighted by molar-refractivity contribution is 7.49. The quantitative estimate of drug-likeness (QED) is 0.275. The second-order valence-electron chi connectivity index (χ2n) is 6.67. The molecule has 3 aromatic carbocycles. The van der Waals surface area contributed by atoms with Gasteiger partial charge < -0.3 is 13.6 Å². The minimum atomic E-state index is -4.45. The van der Waals surface area contributed by atoms with Crippen molar-refractivity contribution in [2.24, 2.45) is 0 Å². The zero-order valence-electron chi connectivity index (χ0n) is 16.8. The molecule has 3 aromatic rings. The first-order valence-corrected chi connectivity index (χ1v) is 12.7. The molecule has 0 fully saturated rings. The van der Waals surface area contributed by atoms with Crippen LogP contribution in [0.2, 0.25) is 30.1 Å². The fourth-order valence-corrected chi connectivity index (χ4v) is 5.22. The topological polar surface area (TPSA) is 44.8 Å². The van der Waals surface area contributed by atoms with E-state index in [0.717, 1.165) is 0 Å². The summed E-state index contributed by atoms with van der Waals surface area (Å²) in [5.41, 5.74) is 1.58. The van der Waals surface area contributed by atoms with E-state index < -0.39 is 7.82 Å². The minimum Gasteiger partial charge on any atom is -0.384 e. The van der Waals surface area contributed by atoms with E-state index in [4.69, 9.17) is 83.2 Å². The van der Waals surface area contributed by atoms with Crippen molar-refractivity contribution >= 4 is 77.4 Å². The van der Waals surface area contributed by atoms with Gasteiger partial charge >= 0.3 is 7.82 Å². The molecular weight excluding hydrogens is 560 g/mol. The summed E-state index contributed by atoms with van der Waals surface area (Å²) >= 11 is 37.3. The Hall–Kier alpha value is -0.970. The normalized spacial score (nSPS) is 11.4. The summed E-state index contributed by atoms with van der Waals surface area (Å²) in [4.78, 5) is 0. The third-order valence-electron chi connectivity index (χ3n) is 4.48. The molecule has 0 N–H and O–H groups in total. The first kappa shape index (κ1) is 25.6. The highest BCUT2D eigenvalue weighted by Gasteiger charge is 2.36. The molecule has 0 spiro atoms. The molecule has 32 heavy (non-hydrogen) atoms. The molecule has 0 atom stereocenters. The fraction of sp³-hybridized carbons (Fsp3) is 0.143. The molecule has 0 heterocycles. The molecular formula is C21H15Cl6O4P. The second kappa shape index (κ2) is 10.1. The molecule has 0 unspecified atom stereocenters. The van der Waals surface area contributed by atoms with E-state index in [2.05, 4.69) is 0 Å². The largest absolute Gasteiger partial charge is 0.647 e. The van der Waals surface area contributed by atoms with E-state index in [9.17, 15) is 4.57 Å². The number of hydrogen-bond donors (Lipinski definition) is 0. The number of phosphoric acid groups is 1. The average Bonchev–Trinajstić information content (AvgIpc) is 2.75. The molecule has 0 saturated heterocycles. The predicted molar refractivity (Wildman–Crippen MR) is 133 cm³/mol. The Morgan fingerprint density at radius 2 is 0.781 bits per heavy atom. The van der Waals surface area contributed by atoms with Crippen LogP contribution >= 0.6 is 77.4 Å². The van der Waals surface area contributed by atoms with Gasteiger partial charge in [-0.25, -0.2) is 0 Å². The highest BCUT2D eigenvalue weighted by Crippen LogP contribution is 2.54. The fourth-order valence-electron chi connectivity index (χ4n) is 2.54. The van der Waals surface area contributed by atoms with Crippen molar-refractivity contribution < 1.29 is 18.1 Å². The highest BCUT2D eigenvalue weighted by atomic mass is 35.5. The number of rotatable bonds is 6. The third-order valence-corrected chi connectivity index (χ3v) is 8.38. The Kier molecular flexibility index (Phi) is 8.10. The van der Waals surface area contributed by atoms with Crippen molar-refractivity contribution in [3.63, 3.8) is 0 Å². The number of halogens is 6. The van der Waals surface area contributed by atoms with E-state index in [1.165, 1.54) is 18.2 Å². The van der Waals surface area contributed by atoms with E-state index >= 15 is 0 Å². The summed E-state index contributed by atoms with van der Waals surface area (Å²) in [6, 6.07) is 8.96. The van der Waals surface area contributed by atoms with E-state index in [1.807, 2.05) is 0 Å². The molecule has 0 aliphatic carbocycles. The van der Waals surface area contributed by atoms with Crippen LogP contribution < -0.4 is 13.6 Å². The Labute approximate surface area is 215 Å². The average molecular weight is 575 g/mol. The lowest BCUT2D eigenvalue weighted by atomic mass is 10.2. The maximum Gasteiger partial charge on any atom is 0.647 e. The van der Waals surface area contributed by atoms with Gasteiger partial charge in [-0.05, 0) is 73.9 Å². The van der Waals surface area contributed by atoms with Gasteiger partial charge in [0.1, 0.15) is 0 Å². The number of phosphoric ester groups is 1. The lowest BCUT2D eigenvalue weighted by Crippen LogP contribution is -2.09. The Morgan fingerprint density at radius 3 is 1.03 bits per heavy atom. The van der Waals surface area contributed by atoms with E-state index in [1.54, 1.807) is 39.0 Å². The zero-order valence-corrected chi connectivity index (χ0v) is 22.2. The standard InChI is InChI=1S/C21H15Cl6O4P/c1-10-13(22)4-7-16(19(10)25)29-32(28,30-17-8-5-14(23)11(2)20(17)26)31-18-9-6-15(24)12(3)21(18)27/h4-9H,1-3H3. The summed E-state index contributed by atoms with van der Waals surface area (Å²) in [7, 11) is -4.45. The van der Waals surface area contributed by atoms with Crippen molar-refractivity contribution in [2.45, 2.75) is 20.8 Å². The van der Waals surface area contributed by atoms with Gasteiger partial charge in [0.15, 0.2) is 17.2 Å². The van der Waals surface area contributed by atoms with Crippen LogP contribution in [0.1, 0.15) is 16.7 Å². The van der Waals surface area contributed by atoms with Crippen LogP contribution in [0.25, 0.3) is 0 Å². The molecule has 3 rings (SSSR count). The van der Waals surface area contributed by atoms with Crippen LogP contribution in [0.5, 0.6) is 17.2 Å². The number of hydrogen-bond acceptors (Lipinski definition) is 4. The monoisotopic (exact) mass is 572 g/mol. The van der Waals surface area contributed by atoms with Gasteiger partial charge in [-0.15, -0.1) is 0 Å². The SMILES string of the molecule is Cc1c(Cl)ccc(OP(=O)(Oc2ccc(Cl)c(C)c2Cl)Oc2ccc(Cl)c(C)c2Cl)c1Cl. The van der Waals surface area contributed by atoms with Crippen LogP contribution in [0, 0.1) is 20.8 Å². The molecule has 0 saturated carbocycles. The van der Waals surface area contributed by atoms with E-state index in [0.29, 0.717) is 31.8 Å². The van der Waals surface area contributed by atoms with E-state index in [-0.39, 0.29) is 32.3 Å². The summed E-state index contributed by atoms with van der Waals surface area (Å²) in [5.74, 6) is 0.0848. The van der Waals surface area contributed by atoms with Crippen molar-refractivity contribution in [1.82, 2.24) is 0 Å². The molecule has 0 bridgehead atoms. The minimum absolute atomic E-state index is 0.0283. The predicted octanol–water partition coefficient (Wildman–Crippen LogP) is 10.2. The van der Waals surface area contributed by atoms with Crippen molar-refractivity contribution in [2.75, 3.05) is 0 Å². The van der Waals surface area contributed by atoms with Crippen molar-refractivity contribution in [1.29, 1.82) is 0 Å². The molecule has 4 nitrogen and oxygen atoms in total. The first-order chi connectivity index (χ1) is 14.9. The van der Waals surface area contributed by atoms with Crippen LogP contribution in [-0.2, 0) is 4.57 Å². The van der Waals surface area contributed by atoms with Gasteiger partial charge in [0.05, 0.1) is 15.1 Å². The van der Waals surface area contributed by atoms with Gasteiger partial charge in [0.2, 0.25) is 0 Å². The molecule has 0 aromatic heterocycles. The Balaban J connectivity index is 2.09. The molecule has 11 heteroatoms. The van der Waals surface area contributed by atoms with Crippen LogP contribution in [0.15, 0.2) is 36.4 Å². The molecule has 170 valence electrons. The summed E-state index contributed by atoms with van der Waals surface area (Å²) in [6.45, 7) is 5.05. The van der Waals surface area contributed by atoms with Gasteiger partial charge in [0.25, 0.3) is 0 Å². The Morgan fingerprint density at radius 1 is 0.531 bits per heavy atom. The van der Waals surface area contributed by atoms with Crippen molar-refractivity contribution in [3.8, 4) is 17.2 Å². The molecule has 0 amide bonds. The van der Waals surface area contributed by atoms with Gasteiger partial charge in [0, 0.05) is 15.1 Å². The van der Waals surface area contributed by atoms with Crippen molar-refractivity contribution in [3.05, 3.63) is 83.2 Å². The van der Waals surface area contributed by atoms with Crippen LogP contribution in [0.4, 0.5) is 0 Å². The Bertz CT molecular complexity index is 1100. The van der Waals surface area contributed by atoms with Gasteiger partial charge in [-0.1, -0.05) is 69.6 Å².